The number of isocyanates is 2. The lowest BCUT2D eigenvalue weighted by molar-refractivity contribution is -0.138. The van der Waals surface area contributed by atoms with Crippen molar-refractivity contribution in [1.82, 2.24) is 0 Å². The molecule has 9 heteroatoms. The van der Waals surface area contributed by atoms with Gasteiger partial charge < -0.3 is 15.1 Å². The lowest BCUT2D eigenvalue weighted by atomic mass is 9.63. The van der Waals surface area contributed by atoms with Gasteiger partial charge in [-0.05, 0) is 49.4 Å². The van der Waals surface area contributed by atoms with Crippen LogP contribution in [0.2, 0.25) is 0 Å². The highest BCUT2D eigenvalue weighted by atomic mass is 16.5. The molecule has 1 rings (SSSR count). The third kappa shape index (κ3) is 17.1. The fourth-order valence-electron chi connectivity index (χ4n) is 3.92. The predicted octanol–water partition coefficient (Wildman–Crippen LogP) is 3.83. The van der Waals surface area contributed by atoms with Crippen molar-refractivity contribution in [3.63, 3.8) is 0 Å². The van der Waals surface area contributed by atoms with Crippen LogP contribution in [0, 0.1) is 16.7 Å². The summed E-state index contributed by atoms with van der Waals surface area (Å²) in [6.45, 7) is 15.9. The second-order valence-corrected chi connectivity index (χ2v) is 9.37. The molecule has 0 spiro atoms. The molecule has 2 unspecified atom stereocenters. The minimum absolute atomic E-state index is 0.00750. The smallest absolute Gasteiger partial charge is 0.330 e. The largest absolute Gasteiger partial charge is 0.460 e. The molecule has 0 aromatic heterocycles. The molecule has 0 aliphatic heterocycles. The molecule has 1 aliphatic carbocycles. The van der Waals surface area contributed by atoms with Crippen molar-refractivity contribution >= 4 is 23.8 Å². The number of aliphatic hydroxyl groups excluding tert-OH is 1. The Balaban J connectivity index is 0. The predicted molar refractivity (Wildman–Crippen MR) is 123 cm³/mol. The summed E-state index contributed by atoms with van der Waals surface area (Å²) < 4.78 is 4.33. The average Bonchev–Trinajstić information content (AvgIpc) is 2.69. The summed E-state index contributed by atoms with van der Waals surface area (Å²) in [7, 11) is 0. The van der Waals surface area contributed by atoms with Crippen molar-refractivity contribution < 1.29 is 29.4 Å². The molecule has 0 bridgehead atoms. The Bertz CT molecular complexity index is 692. The Morgan fingerprint density at radius 1 is 1.25 bits per heavy atom. The summed E-state index contributed by atoms with van der Waals surface area (Å²) in [6, 6.07) is 0.00750. The molecule has 0 aromatic carbocycles. The van der Waals surface area contributed by atoms with E-state index in [0.717, 1.165) is 37.5 Å². The second kappa shape index (κ2) is 17.0. The van der Waals surface area contributed by atoms with Crippen LogP contribution >= 0.6 is 0 Å². The number of oxime groups is 1. The van der Waals surface area contributed by atoms with Crippen molar-refractivity contribution in [2.24, 2.45) is 31.9 Å². The molecule has 0 heterocycles. The number of ether oxygens (including phenoxy) is 1. The van der Waals surface area contributed by atoms with Gasteiger partial charge in [0.15, 0.2) is 0 Å². The van der Waals surface area contributed by atoms with Crippen LogP contribution in [0.15, 0.2) is 27.8 Å². The Morgan fingerprint density at radius 3 is 2.28 bits per heavy atom. The molecule has 0 saturated heterocycles. The Labute approximate surface area is 191 Å². The van der Waals surface area contributed by atoms with E-state index in [1.165, 1.54) is 0 Å². The van der Waals surface area contributed by atoms with Crippen LogP contribution in [0.1, 0.15) is 67.2 Å². The van der Waals surface area contributed by atoms with Gasteiger partial charge in [0.1, 0.15) is 6.61 Å². The third-order valence-corrected chi connectivity index (χ3v) is 4.56. The lowest BCUT2D eigenvalue weighted by Crippen LogP contribution is -2.39. The first kappa shape index (κ1) is 31.6. The highest BCUT2D eigenvalue weighted by Crippen LogP contribution is 2.47. The van der Waals surface area contributed by atoms with Gasteiger partial charge in [-0.25, -0.2) is 24.4 Å². The zero-order valence-corrected chi connectivity index (χ0v) is 20.3. The van der Waals surface area contributed by atoms with Crippen molar-refractivity contribution in [1.29, 1.82) is 0 Å². The van der Waals surface area contributed by atoms with E-state index in [1.54, 1.807) is 12.2 Å². The molecule has 9 nitrogen and oxygen atoms in total. The van der Waals surface area contributed by atoms with E-state index in [-0.39, 0.29) is 30.1 Å². The minimum Gasteiger partial charge on any atom is -0.460 e. The van der Waals surface area contributed by atoms with Crippen LogP contribution in [-0.2, 0) is 19.1 Å². The maximum Gasteiger partial charge on any atom is 0.330 e. The number of carbonyl (C=O) groups excluding carboxylic acids is 3. The quantitative estimate of drug-likeness (QED) is 0.143. The van der Waals surface area contributed by atoms with Crippen LogP contribution in [0.3, 0.4) is 0 Å². The summed E-state index contributed by atoms with van der Waals surface area (Å²) in [5, 5.41) is 19.3. The average molecular weight is 454 g/mol. The number of hydrogen-bond acceptors (Lipinski definition) is 9. The monoisotopic (exact) mass is 453 g/mol. The Kier molecular flexibility index (Phi) is 16.8. The summed E-state index contributed by atoms with van der Waals surface area (Å²) in [6.07, 6.45) is 7.82. The number of hydrogen-bond donors (Lipinski definition) is 2. The molecule has 0 amide bonds. The van der Waals surface area contributed by atoms with Gasteiger partial charge in [-0.15, -0.1) is 0 Å². The standard InChI is InChI=1S/C12H18N2O2.C6H13NO.C5H8O3/c1-11(2)4-10(14-9-16)5-12(3,6-11)7-13-8-15;1-5(2)4-6(3)7-8;1-2-5(7)8-4-3-6/h10H,4-7H2,1-3H3;5,8H,4H2,1-3H3;2,6H,1,3-4H2. The zero-order chi connectivity index (χ0) is 25.2. The number of nitrogens with zero attached hydrogens (tertiary/aromatic N) is 3. The zero-order valence-electron chi connectivity index (χ0n) is 20.3. The van der Waals surface area contributed by atoms with Gasteiger partial charge in [0.2, 0.25) is 12.2 Å². The van der Waals surface area contributed by atoms with E-state index in [9.17, 15) is 14.4 Å². The van der Waals surface area contributed by atoms with Crippen LogP contribution in [0.25, 0.3) is 0 Å². The first-order valence-electron chi connectivity index (χ1n) is 10.6. The topological polar surface area (TPSA) is 138 Å². The van der Waals surface area contributed by atoms with Gasteiger partial charge in [0.25, 0.3) is 0 Å². The number of aliphatic imine (C=N–C) groups is 2. The van der Waals surface area contributed by atoms with Gasteiger partial charge in [0.05, 0.1) is 24.9 Å². The summed E-state index contributed by atoms with van der Waals surface area (Å²) in [5.41, 5.74) is 0.862. The van der Waals surface area contributed by atoms with E-state index in [0.29, 0.717) is 12.5 Å². The molecule has 1 fully saturated rings. The third-order valence-electron chi connectivity index (χ3n) is 4.56. The van der Waals surface area contributed by atoms with Crippen LogP contribution < -0.4 is 0 Å². The van der Waals surface area contributed by atoms with Gasteiger partial charge in [-0.2, -0.15) is 0 Å². The summed E-state index contributed by atoms with van der Waals surface area (Å²) >= 11 is 0. The van der Waals surface area contributed by atoms with Crippen LogP contribution in [0.5, 0.6) is 0 Å². The molecule has 2 N–H and O–H groups in total. The molecule has 0 aromatic rings. The lowest BCUT2D eigenvalue weighted by Gasteiger charge is -2.44. The summed E-state index contributed by atoms with van der Waals surface area (Å²) in [4.78, 5) is 38.2. The first-order chi connectivity index (χ1) is 14.9. The van der Waals surface area contributed by atoms with Gasteiger partial charge in [-0.3, -0.25) is 0 Å². The van der Waals surface area contributed by atoms with Crippen molar-refractivity contribution in [3.05, 3.63) is 12.7 Å². The van der Waals surface area contributed by atoms with E-state index in [1.807, 2.05) is 6.92 Å². The van der Waals surface area contributed by atoms with Crippen molar-refractivity contribution in [3.8, 4) is 0 Å². The van der Waals surface area contributed by atoms with E-state index in [2.05, 4.69) is 61.1 Å². The highest BCUT2D eigenvalue weighted by Gasteiger charge is 2.41. The van der Waals surface area contributed by atoms with Crippen molar-refractivity contribution in [2.75, 3.05) is 19.8 Å². The van der Waals surface area contributed by atoms with Crippen molar-refractivity contribution in [2.45, 2.75) is 73.3 Å². The van der Waals surface area contributed by atoms with E-state index in [4.69, 9.17) is 10.3 Å². The fraction of sp³-hybridized carbons (Fsp3) is 0.739. The highest BCUT2D eigenvalue weighted by molar-refractivity contribution is 5.81. The SMILES string of the molecule is C=CC(=O)OCCO.CC(CC(C)C)=NO.CC1(C)CC(N=C=O)CC(C)(CN=C=O)C1. The maximum atomic E-state index is 10.3. The van der Waals surface area contributed by atoms with Gasteiger partial charge in [0, 0.05) is 6.08 Å². The Hall–Kier alpha value is -2.60. The maximum absolute atomic E-state index is 10.3. The molecule has 32 heavy (non-hydrogen) atoms. The molecule has 182 valence electrons. The molecule has 1 aliphatic rings. The van der Waals surface area contributed by atoms with E-state index < -0.39 is 5.97 Å². The fourth-order valence-corrected chi connectivity index (χ4v) is 3.92. The van der Waals surface area contributed by atoms with Gasteiger partial charge in [-0.1, -0.05) is 46.4 Å². The Morgan fingerprint density at radius 2 is 1.88 bits per heavy atom. The minimum atomic E-state index is -0.501. The van der Waals surface area contributed by atoms with Gasteiger partial charge >= 0.3 is 5.97 Å². The van der Waals surface area contributed by atoms with E-state index >= 15 is 0 Å². The molecule has 2 atom stereocenters. The number of rotatable bonds is 8. The second-order valence-electron chi connectivity index (χ2n) is 9.37. The molecular weight excluding hydrogens is 414 g/mol. The first-order valence-corrected chi connectivity index (χ1v) is 10.6. The number of aliphatic hydroxyl groups is 1. The molecular formula is C23H39N3O6. The number of esters is 1. The molecule has 1 saturated carbocycles. The van der Waals surface area contributed by atoms with Crippen LogP contribution in [-0.4, -0.2) is 60.0 Å². The summed E-state index contributed by atoms with van der Waals surface area (Å²) in [5.74, 6) is 0.0879. The molecule has 0 radical (unpaired) electrons. The number of carbonyl (C=O) groups is 1. The normalized spacial score (nSPS) is 21.4. The van der Waals surface area contributed by atoms with Crippen LogP contribution in [0.4, 0.5) is 0 Å².